The van der Waals surface area contributed by atoms with Gasteiger partial charge >= 0.3 is 0 Å². The molecule has 1 aromatic heterocycles. The SMILES string of the molecule is CCOC(C(C)C)C(O)Cc1c(C)nn(C)c1Cl. The van der Waals surface area contributed by atoms with E-state index in [9.17, 15) is 5.11 Å². The van der Waals surface area contributed by atoms with Crippen molar-refractivity contribution in [2.24, 2.45) is 13.0 Å². The number of rotatable bonds is 6. The van der Waals surface area contributed by atoms with Crippen LogP contribution >= 0.6 is 11.6 Å². The lowest BCUT2D eigenvalue weighted by molar-refractivity contribution is -0.0562. The number of aryl methyl sites for hydroxylation is 2. The maximum atomic E-state index is 10.3. The predicted octanol–water partition coefficient (Wildman–Crippen LogP) is 2.35. The Balaban J connectivity index is 2.82. The van der Waals surface area contributed by atoms with E-state index in [-0.39, 0.29) is 12.0 Å². The molecule has 2 unspecified atom stereocenters. The average molecular weight is 275 g/mol. The van der Waals surface area contributed by atoms with Crippen LogP contribution in [0.4, 0.5) is 0 Å². The fraction of sp³-hybridized carbons (Fsp3) is 0.769. The van der Waals surface area contributed by atoms with Crippen LogP contribution in [0, 0.1) is 12.8 Å². The Morgan fingerprint density at radius 3 is 2.44 bits per heavy atom. The lowest BCUT2D eigenvalue weighted by Crippen LogP contribution is -2.35. The molecule has 0 saturated carbocycles. The Labute approximate surface area is 114 Å². The third kappa shape index (κ3) is 3.46. The molecule has 4 nitrogen and oxygen atoms in total. The molecule has 0 amide bonds. The van der Waals surface area contributed by atoms with Gasteiger partial charge in [-0.1, -0.05) is 25.4 Å². The van der Waals surface area contributed by atoms with Gasteiger partial charge in [0.05, 0.1) is 17.9 Å². The molecule has 0 radical (unpaired) electrons. The molecule has 1 rings (SSSR count). The van der Waals surface area contributed by atoms with E-state index < -0.39 is 6.10 Å². The van der Waals surface area contributed by atoms with Crippen LogP contribution in [0.25, 0.3) is 0 Å². The number of hydrogen-bond donors (Lipinski definition) is 1. The van der Waals surface area contributed by atoms with E-state index in [2.05, 4.69) is 5.10 Å². The summed E-state index contributed by atoms with van der Waals surface area (Å²) in [6, 6.07) is 0. The van der Waals surface area contributed by atoms with E-state index >= 15 is 0 Å². The Hall–Kier alpha value is -0.580. The highest BCUT2D eigenvalue weighted by molar-refractivity contribution is 6.30. The number of aromatic nitrogens is 2. The van der Waals surface area contributed by atoms with Crippen LogP contribution in [0.2, 0.25) is 5.15 Å². The van der Waals surface area contributed by atoms with Crippen molar-refractivity contribution in [1.29, 1.82) is 0 Å². The van der Waals surface area contributed by atoms with Gasteiger partial charge in [-0.3, -0.25) is 4.68 Å². The zero-order chi connectivity index (χ0) is 13.9. The Kier molecular flexibility index (Phi) is 5.63. The smallest absolute Gasteiger partial charge is 0.130 e. The minimum atomic E-state index is -0.564. The van der Waals surface area contributed by atoms with E-state index in [1.165, 1.54) is 0 Å². The summed E-state index contributed by atoms with van der Waals surface area (Å²) >= 11 is 6.17. The second kappa shape index (κ2) is 6.55. The number of aliphatic hydroxyl groups is 1. The summed E-state index contributed by atoms with van der Waals surface area (Å²) in [4.78, 5) is 0. The summed E-state index contributed by atoms with van der Waals surface area (Å²) < 4.78 is 7.23. The van der Waals surface area contributed by atoms with Crippen LogP contribution in [-0.2, 0) is 18.2 Å². The van der Waals surface area contributed by atoms with Gasteiger partial charge in [-0.25, -0.2) is 0 Å². The van der Waals surface area contributed by atoms with Crippen molar-refractivity contribution in [3.8, 4) is 0 Å². The monoisotopic (exact) mass is 274 g/mol. The second-order valence-electron chi connectivity index (χ2n) is 4.91. The molecule has 0 saturated heterocycles. The van der Waals surface area contributed by atoms with Crippen LogP contribution < -0.4 is 0 Å². The third-order valence-corrected chi connectivity index (χ3v) is 3.55. The number of halogens is 1. The average Bonchev–Trinajstić information content (AvgIpc) is 2.52. The first-order valence-electron chi connectivity index (χ1n) is 6.36. The van der Waals surface area contributed by atoms with Crippen LogP contribution in [0.15, 0.2) is 0 Å². The highest BCUT2D eigenvalue weighted by Gasteiger charge is 2.25. The summed E-state index contributed by atoms with van der Waals surface area (Å²) in [6.45, 7) is 8.52. The Morgan fingerprint density at radius 2 is 2.06 bits per heavy atom. The number of nitrogens with zero attached hydrogens (tertiary/aromatic N) is 2. The summed E-state index contributed by atoms with van der Waals surface area (Å²) in [5.74, 6) is 0.260. The third-order valence-electron chi connectivity index (χ3n) is 3.08. The van der Waals surface area contributed by atoms with Crippen molar-refractivity contribution in [3.05, 3.63) is 16.4 Å². The van der Waals surface area contributed by atoms with Crippen LogP contribution in [0.1, 0.15) is 32.0 Å². The second-order valence-corrected chi connectivity index (χ2v) is 5.27. The van der Waals surface area contributed by atoms with Gasteiger partial charge in [-0.2, -0.15) is 5.10 Å². The molecule has 0 aliphatic carbocycles. The molecule has 0 bridgehead atoms. The van der Waals surface area contributed by atoms with Gasteiger partial charge in [0.1, 0.15) is 5.15 Å². The van der Waals surface area contributed by atoms with Crippen molar-refractivity contribution in [2.45, 2.75) is 46.3 Å². The van der Waals surface area contributed by atoms with Gasteiger partial charge in [-0.05, 0) is 19.8 Å². The predicted molar refractivity (Wildman–Crippen MR) is 72.9 cm³/mol. The molecule has 1 N–H and O–H groups in total. The zero-order valence-electron chi connectivity index (χ0n) is 11.8. The molecule has 1 aromatic rings. The summed E-state index contributed by atoms with van der Waals surface area (Å²) in [6.07, 6.45) is -0.266. The molecular formula is C13H23ClN2O2. The van der Waals surface area contributed by atoms with E-state index in [0.29, 0.717) is 18.2 Å². The lowest BCUT2D eigenvalue weighted by atomic mass is 9.96. The van der Waals surface area contributed by atoms with E-state index in [4.69, 9.17) is 16.3 Å². The molecule has 0 aromatic carbocycles. The molecule has 104 valence electrons. The number of hydrogen-bond acceptors (Lipinski definition) is 3. The van der Waals surface area contributed by atoms with Crippen molar-refractivity contribution >= 4 is 11.6 Å². The summed E-state index contributed by atoms with van der Waals surface area (Å²) in [5.41, 5.74) is 1.76. The first-order valence-corrected chi connectivity index (χ1v) is 6.73. The van der Waals surface area contributed by atoms with Crippen LogP contribution in [0.3, 0.4) is 0 Å². The largest absolute Gasteiger partial charge is 0.390 e. The van der Waals surface area contributed by atoms with Gasteiger partial charge in [0.15, 0.2) is 0 Å². The number of ether oxygens (including phenoxy) is 1. The van der Waals surface area contributed by atoms with E-state index in [1.54, 1.807) is 11.7 Å². The molecule has 0 fully saturated rings. The molecule has 0 aliphatic heterocycles. The highest BCUT2D eigenvalue weighted by Crippen LogP contribution is 2.23. The van der Waals surface area contributed by atoms with Gasteiger partial charge in [-0.15, -0.1) is 0 Å². The molecule has 5 heteroatoms. The normalized spacial score (nSPS) is 15.1. The standard InChI is InChI=1S/C13H23ClN2O2/c1-6-18-12(8(2)3)11(17)7-10-9(4)15-16(5)13(10)14/h8,11-12,17H,6-7H2,1-5H3. The highest BCUT2D eigenvalue weighted by atomic mass is 35.5. The Bertz CT molecular complexity index is 391. The van der Waals surface area contributed by atoms with Crippen LogP contribution in [-0.4, -0.2) is 33.7 Å². The fourth-order valence-electron chi connectivity index (χ4n) is 2.17. The topological polar surface area (TPSA) is 47.3 Å². The van der Waals surface area contributed by atoms with Crippen molar-refractivity contribution < 1.29 is 9.84 Å². The molecule has 0 aliphatic rings. The maximum absolute atomic E-state index is 10.3. The Morgan fingerprint density at radius 1 is 1.44 bits per heavy atom. The zero-order valence-corrected chi connectivity index (χ0v) is 12.5. The maximum Gasteiger partial charge on any atom is 0.130 e. The minimum Gasteiger partial charge on any atom is -0.390 e. The lowest BCUT2D eigenvalue weighted by Gasteiger charge is -2.26. The van der Waals surface area contributed by atoms with Crippen molar-refractivity contribution in [1.82, 2.24) is 9.78 Å². The van der Waals surface area contributed by atoms with Crippen molar-refractivity contribution in [3.63, 3.8) is 0 Å². The molecule has 2 atom stereocenters. The van der Waals surface area contributed by atoms with Gasteiger partial charge in [0.2, 0.25) is 0 Å². The first kappa shape index (κ1) is 15.5. The van der Waals surface area contributed by atoms with Gasteiger partial charge in [0.25, 0.3) is 0 Å². The first-order chi connectivity index (χ1) is 8.38. The van der Waals surface area contributed by atoms with Crippen LogP contribution in [0.5, 0.6) is 0 Å². The van der Waals surface area contributed by atoms with E-state index in [1.807, 2.05) is 27.7 Å². The van der Waals surface area contributed by atoms with E-state index in [0.717, 1.165) is 11.3 Å². The quantitative estimate of drug-likeness (QED) is 0.866. The molecule has 0 spiro atoms. The minimum absolute atomic E-state index is 0.175. The molecule has 18 heavy (non-hydrogen) atoms. The number of aliphatic hydroxyl groups excluding tert-OH is 1. The van der Waals surface area contributed by atoms with Crippen molar-refractivity contribution in [2.75, 3.05) is 6.61 Å². The summed E-state index contributed by atoms with van der Waals surface area (Å²) in [7, 11) is 1.80. The fourth-order valence-corrected chi connectivity index (χ4v) is 2.42. The molecule has 1 heterocycles. The summed E-state index contributed by atoms with van der Waals surface area (Å²) in [5, 5.41) is 15.1. The van der Waals surface area contributed by atoms with Gasteiger partial charge < -0.3 is 9.84 Å². The molecular weight excluding hydrogens is 252 g/mol. The van der Waals surface area contributed by atoms with Gasteiger partial charge in [0, 0.05) is 25.6 Å².